The highest BCUT2D eigenvalue weighted by Crippen LogP contribution is 2.21. The predicted octanol–water partition coefficient (Wildman–Crippen LogP) is -7.64. The Morgan fingerprint density at radius 2 is 1.16 bits per heavy atom. The number of aliphatic carboxylic acids is 3. The Hall–Kier alpha value is -12.7. The second kappa shape index (κ2) is 44.5. The van der Waals surface area contributed by atoms with Gasteiger partial charge in [0.1, 0.15) is 72.6 Å². The largest absolute Gasteiger partial charge is 0.481 e. The van der Waals surface area contributed by atoms with E-state index in [9.17, 15) is 122 Å². The number of ketones is 1. The van der Waals surface area contributed by atoms with Gasteiger partial charge in [0.15, 0.2) is 5.78 Å². The van der Waals surface area contributed by atoms with E-state index in [1.807, 2.05) is 16.0 Å². The quantitative estimate of drug-likeness (QED) is 0.00969. The number of anilines is 1. The van der Waals surface area contributed by atoms with Crippen LogP contribution in [0.1, 0.15) is 114 Å². The number of benzene rings is 2. The Balaban J connectivity index is 1.90. The Kier molecular flexibility index (Phi) is 36.4. The number of aromatic nitrogens is 1. The van der Waals surface area contributed by atoms with Crippen LogP contribution >= 0.6 is 0 Å². The van der Waals surface area contributed by atoms with Crippen molar-refractivity contribution in [3.63, 3.8) is 0 Å². The summed E-state index contributed by atoms with van der Waals surface area (Å²) in [5.41, 5.74) is 18.0. The number of ether oxygens (including phenoxy) is 1. The number of Topliss-reactive ketones (excluding diaryl/α,β-unsaturated/α-hetero) is 1. The number of unbranched alkanes of at least 4 members (excludes halogenated alkanes) is 1. The molecule has 0 bridgehead atoms. The number of carbonyl (C=O) groups is 20. The van der Waals surface area contributed by atoms with Gasteiger partial charge in [0.05, 0.1) is 51.8 Å². The van der Waals surface area contributed by atoms with Crippen molar-refractivity contribution < 1.29 is 131 Å². The average Bonchev–Trinajstić information content (AvgIpc) is 1.75. The summed E-state index contributed by atoms with van der Waals surface area (Å²) in [4.78, 5) is 279. The van der Waals surface area contributed by atoms with Gasteiger partial charge in [-0.05, 0) is 69.3 Å². The summed E-state index contributed by atoms with van der Waals surface area (Å²) in [7, 11) is 0. The van der Waals surface area contributed by atoms with E-state index < -0.39 is 261 Å². The average molecular weight is 1570 g/mol. The third kappa shape index (κ3) is 29.7. The van der Waals surface area contributed by atoms with Crippen molar-refractivity contribution in [2.24, 2.45) is 17.4 Å². The molecule has 1 aliphatic heterocycles. The zero-order chi connectivity index (χ0) is 82.9. The molecule has 111 heavy (non-hydrogen) atoms. The highest BCUT2D eigenvalue weighted by atomic mass is 17.1. The molecular formula is C67H91N17O27. The molecule has 13 unspecified atom stereocenters. The van der Waals surface area contributed by atoms with Crippen molar-refractivity contribution >= 4 is 135 Å². The summed E-state index contributed by atoms with van der Waals surface area (Å²) in [6.07, 6.45) is -7.51. The normalized spacial score (nSPS) is 21.5. The van der Waals surface area contributed by atoms with Crippen LogP contribution in [0, 0.1) is 5.92 Å². The highest BCUT2D eigenvalue weighted by Gasteiger charge is 2.41. The lowest BCUT2D eigenvalue weighted by atomic mass is 9.96. The Labute approximate surface area is 630 Å². The number of primary amides is 1. The van der Waals surface area contributed by atoms with Gasteiger partial charge in [0, 0.05) is 47.6 Å². The first-order chi connectivity index (χ1) is 52.4. The first-order valence-electron chi connectivity index (χ1n) is 34.5. The third-order valence-electron chi connectivity index (χ3n) is 16.7. The Morgan fingerprint density at radius 3 is 1.76 bits per heavy atom. The van der Waals surface area contributed by atoms with E-state index >= 15 is 0 Å². The number of nitrogens with one attached hydrogen (secondary N) is 14. The summed E-state index contributed by atoms with van der Waals surface area (Å²) in [6, 6.07) is -10.8. The fraction of sp³-hybridized carbons (Fsp3) is 0.493. The Morgan fingerprint density at radius 1 is 0.604 bits per heavy atom. The molecule has 2 heterocycles. The number of carboxylic acids is 3. The number of H-pyrrole nitrogens is 1. The van der Waals surface area contributed by atoms with Crippen molar-refractivity contribution in [1.82, 2.24) is 74.1 Å². The van der Waals surface area contributed by atoms with E-state index in [1.54, 1.807) is 37.4 Å². The molecule has 1 aromatic heterocycles. The van der Waals surface area contributed by atoms with Crippen LogP contribution in [0.4, 0.5) is 5.69 Å². The summed E-state index contributed by atoms with van der Waals surface area (Å²) < 4.78 is 5.66. The van der Waals surface area contributed by atoms with Crippen LogP contribution in [0.25, 0.3) is 10.9 Å². The van der Waals surface area contributed by atoms with Crippen molar-refractivity contribution in [2.75, 3.05) is 32.0 Å². The summed E-state index contributed by atoms with van der Waals surface area (Å²) in [6.45, 7) is 0.791. The van der Waals surface area contributed by atoms with Gasteiger partial charge in [0.2, 0.25) is 82.7 Å². The highest BCUT2D eigenvalue weighted by molar-refractivity contribution is 6.05. The lowest BCUT2D eigenvalue weighted by molar-refractivity contribution is -0.234. The maximum atomic E-state index is 14.8. The van der Waals surface area contributed by atoms with E-state index in [1.165, 1.54) is 24.3 Å². The van der Waals surface area contributed by atoms with Crippen LogP contribution in [0.5, 0.6) is 0 Å². The van der Waals surface area contributed by atoms with Crippen molar-refractivity contribution in [2.45, 2.75) is 177 Å². The molecule has 44 nitrogen and oxygen atoms in total. The monoisotopic (exact) mass is 1570 g/mol. The number of aliphatic hydroxyl groups is 1. The number of cyclic esters (lactones) is 1. The zero-order valence-electron chi connectivity index (χ0n) is 60.5. The van der Waals surface area contributed by atoms with Gasteiger partial charge < -0.3 is 121 Å². The lowest BCUT2D eigenvalue weighted by Gasteiger charge is -2.30. The van der Waals surface area contributed by atoms with Gasteiger partial charge in [-0.1, -0.05) is 50.6 Å². The van der Waals surface area contributed by atoms with Gasteiger partial charge in [-0.25, -0.2) is 9.59 Å². The molecule has 13 atom stereocenters. The first-order valence-corrected chi connectivity index (χ1v) is 34.5. The SMILES string of the molecule is CCCCC(=O)NC(Cc1c[nH]c2ccccc12)C(=O)NC(CC(N)=O)C(=O)NC(CC(=O)OO)C(=O)NC1C(=O)NCC(=O)NC(CCCN)C(=O)NC(CC(=O)O)C(=O)NC(C)C(=O)NC(CC(=O)O)C(=O)NCC(=O)NC(CO)C(=O)NC(C(C)CC(=O)O)C(=O)NC(CC(=O)c2ccccc2N)C(=O)OC1C. The minimum Gasteiger partial charge on any atom is -0.481 e. The van der Waals surface area contributed by atoms with Crippen molar-refractivity contribution in [3.05, 3.63) is 65.9 Å². The number of para-hydroxylation sites is 2. The maximum absolute atomic E-state index is 14.8. The van der Waals surface area contributed by atoms with E-state index in [2.05, 4.69) is 63.0 Å². The van der Waals surface area contributed by atoms with Gasteiger partial charge >= 0.3 is 29.8 Å². The van der Waals surface area contributed by atoms with Crippen LogP contribution in [0.3, 0.4) is 0 Å². The molecular weight excluding hydrogens is 1470 g/mol. The van der Waals surface area contributed by atoms with Gasteiger partial charge in [-0.3, -0.25) is 86.3 Å². The predicted molar refractivity (Wildman–Crippen MR) is 378 cm³/mol. The summed E-state index contributed by atoms with van der Waals surface area (Å²) in [5.74, 6) is -29.8. The standard InChI is InChI=1S/C67H91N17O27/c1-5-6-17-48(88)76-39(20-33-26-71-37-15-10-8-12-34(33)37)61(102)79-40(22-47(70)87)62(103)81-43(25-54(97)111-109)63(104)84-56-32(4)110-67(108)44(21-46(86)35-13-7-9-14-36(35)69)82-66(107)55(30(2)19-51(91)92)83-64(105)45(29-85)77-50(90)27-72-58(99)41(23-52(93)94)78-57(98)31(3)74-60(101)42(24-53(95)96)80-59(100)38(16-11-18-68)75-49(89)28-73-65(56)106/h7-10,12-15,26,30-32,38-45,55-56,71,85,109H,5-6,11,16-25,27-29,68-69H2,1-4H3,(H2,70,87)(H,72,99)(H,73,106)(H,74,101)(H,75,89)(H,76,88)(H,77,90)(H,78,98)(H,79,102)(H,80,100)(H,81,103)(H,82,107)(H,83,105)(H,84,104)(H,91,92)(H,93,94)(H,95,96). The van der Waals surface area contributed by atoms with Gasteiger partial charge in [-0.15, -0.1) is 0 Å². The molecule has 4 rings (SSSR count). The number of carboxylic acid groups (broad SMARTS) is 3. The zero-order valence-corrected chi connectivity index (χ0v) is 60.5. The fourth-order valence-corrected chi connectivity index (χ4v) is 10.9. The number of hydrogen-bond acceptors (Lipinski definition) is 26. The molecule has 44 heteroatoms. The number of hydrogen-bond donors (Lipinski definition) is 22. The van der Waals surface area contributed by atoms with Crippen LogP contribution in [0.2, 0.25) is 0 Å². The molecule has 0 aliphatic carbocycles. The molecule has 0 spiro atoms. The molecule has 1 aliphatic rings. The van der Waals surface area contributed by atoms with E-state index in [0.717, 1.165) is 20.8 Å². The number of fused-ring (bicyclic) bond motifs is 1. The molecule has 1 fully saturated rings. The number of rotatable bonds is 30. The number of nitrogen functional groups attached to an aromatic ring is 1. The van der Waals surface area contributed by atoms with E-state index in [0.29, 0.717) is 29.3 Å². The van der Waals surface area contributed by atoms with Gasteiger partial charge in [0.25, 0.3) is 0 Å². The molecule has 1 saturated heterocycles. The minimum absolute atomic E-state index is 0.0518. The van der Waals surface area contributed by atoms with Crippen LogP contribution in [-0.2, 0) is 107 Å². The number of aromatic amines is 1. The fourth-order valence-electron chi connectivity index (χ4n) is 10.9. The molecule has 25 N–H and O–H groups in total. The maximum Gasteiger partial charge on any atom is 0.344 e. The number of nitrogens with two attached hydrogens (primary N) is 3. The van der Waals surface area contributed by atoms with E-state index in [-0.39, 0.29) is 37.1 Å². The molecule has 2 aromatic carbocycles. The smallest absolute Gasteiger partial charge is 0.344 e. The third-order valence-corrected chi connectivity index (χ3v) is 16.7. The van der Waals surface area contributed by atoms with Gasteiger partial charge in [-0.2, -0.15) is 5.26 Å². The van der Waals surface area contributed by atoms with Crippen LogP contribution < -0.4 is 86.3 Å². The number of carbonyl (C=O) groups excluding carboxylic acids is 17. The topological polar surface area (TPSA) is 711 Å². The molecule has 3 aromatic rings. The van der Waals surface area contributed by atoms with Crippen molar-refractivity contribution in [1.29, 1.82) is 0 Å². The minimum atomic E-state index is -2.47. The van der Waals surface area contributed by atoms with E-state index in [4.69, 9.17) is 21.9 Å². The summed E-state index contributed by atoms with van der Waals surface area (Å²) in [5, 5.41) is 77.6. The number of esters is 1. The molecule has 0 saturated carbocycles. The molecule has 0 radical (unpaired) electrons. The second-order valence-electron chi connectivity index (χ2n) is 25.6. The van der Waals surface area contributed by atoms with Crippen LogP contribution in [-0.4, -0.2) is 248 Å². The summed E-state index contributed by atoms with van der Waals surface area (Å²) >= 11 is 0. The molecule has 606 valence electrons. The molecule has 14 amide bonds. The first kappa shape index (κ1) is 90.7. The lowest BCUT2D eigenvalue weighted by Crippen LogP contribution is -2.62. The number of aliphatic hydroxyl groups excluding tert-OH is 1. The van der Waals surface area contributed by atoms with Crippen molar-refractivity contribution in [3.8, 4) is 0 Å². The Bertz CT molecular complexity index is 3960. The van der Waals surface area contributed by atoms with Crippen LogP contribution in [0.15, 0.2) is 54.7 Å². The number of amides is 14. The second-order valence-corrected chi connectivity index (χ2v) is 25.6.